The molecule has 0 aromatic carbocycles. The Balaban J connectivity index is 2.22. The molecule has 2 aromatic rings. The van der Waals surface area contributed by atoms with Gasteiger partial charge in [0.25, 0.3) is 0 Å². The van der Waals surface area contributed by atoms with Crippen LogP contribution in [0.3, 0.4) is 0 Å². The monoisotopic (exact) mass is 222 g/mol. The second-order valence-electron chi connectivity index (χ2n) is 3.22. The van der Waals surface area contributed by atoms with Gasteiger partial charge >= 0.3 is 4.87 Å². The van der Waals surface area contributed by atoms with Crippen LogP contribution >= 0.6 is 11.3 Å². The highest BCUT2D eigenvalue weighted by Gasteiger charge is 2.10. The van der Waals surface area contributed by atoms with Crippen LogP contribution in [0, 0.1) is 0 Å². The molecule has 0 unspecified atom stereocenters. The molecule has 4 nitrogen and oxygen atoms in total. The summed E-state index contributed by atoms with van der Waals surface area (Å²) in [5, 5.41) is 1.68. The largest absolute Gasteiger partial charge is 0.348 e. The lowest BCUT2D eigenvalue weighted by Gasteiger charge is -2.02. The van der Waals surface area contributed by atoms with Crippen LogP contribution in [0.4, 0.5) is 0 Å². The smallest absolute Gasteiger partial charge is 0.307 e. The summed E-state index contributed by atoms with van der Waals surface area (Å²) in [5.41, 5.74) is 0.619. The molecule has 0 saturated carbocycles. The Hall–Kier alpha value is -1.62. The second-order valence-corrected chi connectivity index (χ2v) is 4.08. The van der Waals surface area contributed by atoms with Crippen LogP contribution in [0.5, 0.6) is 0 Å². The number of hydrogen-bond acceptors (Lipinski definition) is 3. The van der Waals surface area contributed by atoms with Gasteiger partial charge in [0, 0.05) is 24.8 Å². The summed E-state index contributed by atoms with van der Waals surface area (Å²) < 4.78 is 3.17. The molecule has 0 fully saturated rings. The van der Waals surface area contributed by atoms with Crippen LogP contribution in [-0.2, 0) is 13.6 Å². The van der Waals surface area contributed by atoms with Crippen molar-refractivity contribution in [1.29, 1.82) is 0 Å². The molecule has 0 saturated heterocycles. The zero-order valence-corrected chi connectivity index (χ0v) is 9.03. The van der Waals surface area contributed by atoms with Crippen LogP contribution in [0.15, 0.2) is 34.7 Å². The number of ketones is 1. The van der Waals surface area contributed by atoms with E-state index >= 15 is 0 Å². The van der Waals surface area contributed by atoms with E-state index in [-0.39, 0.29) is 17.2 Å². The van der Waals surface area contributed by atoms with Gasteiger partial charge in [0.15, 0.2) is 5.78 Å². The number of hydrogen-bond donors (Lipinski definition) is 0. The van der Waals surface area contributed by atoms with Crippen molar-refractivity contribution < 1.29 is 4.79 Å². The second kappa shape index (κ2) is 3.86. The summed E-state index contributed by atoms with van der Waals surface area (Å²) in [4.78, 5) is 22.9. The number of aryl methyl sites for hydroxylation is 1. The third kappa shape index (κ3) is 1.92. The molecule has 2 rings (SSSR count). The van der Waals surface area contributed by atoms with Crippen molar-refractivity contribution in [3.8, 4) is 0 Å². The molecular weight excluding hydrogens is 212 g/mol. The Bertz CT molecular complexity index is 535. The van der Waals surface area contributed by atoms with Crippen molar-refractivity contribution in [2.45, 2.75) is 6.54 Å². The topological polar surface area (TPSA) is 44.0 Å². The summed E-state index contributed by atoms with van der Waals surface area (Å²) in [5.74, 6) is -0.0528. The van der Waals surface area contributed by atoms with Gasteiger partial charge in [-0.25, -0.2) is 0 Å². The Kier molecular flexibility index (Phi) is 2.55. The minimum atomic E-state index is -0.0995. The number of thiazole rings is 1. The minimum Gasteiger partial charge on any atom is -0.348 e. The third-order valence-corrected chi connectivity index (χ3v) is 2.88. The first-order valence-corrected chi connectivity index (χ1v) is 5.35. The average Bonchev–Trinajstić information content (AvgIpc) is 2.76. The maximum absolute atomic E-state index is 11.8. The molecule has 0 aliphatic rings. The average molecular weight is 222 g/mol. The molecule has 5 heteroatoms. The number of carbonyl (C=O) groups is 1. The Morgan fingerprint density at radius 2 is 2.27 bits per heavy atom. The Labute approximate surface area is 90.4 Å². The standard InChI is InChI=1S/C10H10N2O2S/c1-11-4-2-3-8(11)9(13)7-12-5-6-15-10(12)14/h2-6H,7H2,1H3. The highest BCUT2D eigenvalue weighted by atomic mass is 32.1. The fraction of sp³-hybridized carbons (Fsp3) is 0.200. The molecule has 0 N–H and O–H groups in total. The van der Waals surface area contributed by atoms with Crippen LogP contribution < -0.4 is 4.87 Å². The molecule has 2 heterocycles. The van der Waals surface area contributed by atoms with E-state index in [0.717, 1.165) is 11.3 Å². The van der Waals surface area contributed by atoms with Crippen molar-refractivity contribution in [3.63, 3.8) is 0 Å². The van der Waals surface area contributed by atoms with E-state index in [2.05, 4.69) is 0 Å². The van der Waals surface area contributed by atoms with Gasteiger partial charge in [0.1, 0.15) is 0 Å². The van der Waals surface area contributed by atoms with Crippen molar-refractivity contribution >= 4 is 17.1 Å². The highest BCUT2D eigenvalue weighted by molar-refractivity contribution is 7.07. The molecule has 0 atom stereocenters. The summed E-state index contributed by atoms with van der Waals surface area (Å²) in [7, 11) is 1.81. The number of carbonyl (C=O) groups excluding carboxylic acids is 1. The highest BCUT2D eigenvalue weighted by Crippen LogP contribution is 2.02. The van der Waals surface area contributed by atoms with Gasteiger partial charge in [-0.3, -0.25) is 14.2 Å². The molecule has 0 aliphatic carbocycles. The van der Waals surface area contributed by atoms with E-state index in [1.165, 1.54) is 4.57 Å². The first kappa shape index (κ1) is 9.92. The predicted molar refractivity (Wildman–Crippen MR) is 58.3 cm³/mol. The van der Waals surface area contributed by atoms with Crippen LogP contribution in [0.1, 0.15) is 10.5 Å². The number of aromatic nitrogens is 2. The molecule has 0 amide bonds. The molecule has 2 aromatic heterocycles. The van der Waals surface area contributed by atoms with Gasteiger partial charge in [-0.1, -0.05) is 11.3 Å². The van der Waals surface area contributed by atoms with Crippen molar-refractivity contribution in [2.75, 3.05) is 0 Å². The Morgan fingerprint density at radius 1 is 1.47 bits per heavy atom. The van der Waals surface area contributed by atoms with Gasteiger partial charge in [-0.05, 0) is 12.1 Å². The van der Waals surface area contributed by atoms with Gasteiger partial charge in [0.2, 0.25) is 0 Å². The first-order chi connectivity index (χ1) is 7.18. The minimum absolute atomic E-state index is 0.0528. The molecule has 78 valence electrons. The van der Waals surface area contributed by atoms with E-state index in [1.54, 1.807) is 22.2 Å². The van der Waals surface area contributed by atoms with Crippen molar-refractivity contribution in [1.82, 2.24) is 9.13 Å². The lowest BCUT2D eigenvalue weighted by molar-refractivity contribution is 0.0963. The lowest BCUT2D eigenvalue weighted by atomic mass is 10.3. The SMILES string of the molecule is Cn1cccc1C(=O)Cn1ccsc1=O. The summed E-state index contributed by atoms with van der Waals surface area (Å²) in [6, 6.07) is 3.56. The van der Waals surface area contributed by atoms with E-state index in [4.69, 9.17) is 0 Å². The molecule has 0 aliphatic heterocycles. The third-order valence-electron chi connectivity index (χ3n) is 2.19. The zero-order valence-electron chi connectivity index (χ0n) is 8.21. The van der Waals surface area contributed by atoms with Crippen LogP contribution in [-0.4, -0.2) is 14.9 Å². The van der Waals surface area contributed by atoms with Gasteiger partial charge in [0.05, 0.1) is 12.2 Å². The van der Waals surface area contributed by atoms with Gasteiger partial charge in [-0.15, -0.1) is 0 Å². The van der Waals surface area contributed by atoms with E-state index in [0.29, 0.717) is 5.69 Å². The maximum Gasteiger partial charge on any atom is 0.307 e. The quantitative estimate of drug-likeness (QED) is 0.731. The number of nitrogens with zero attached hydrogens (tertiary/aromatic N) is 2. The van der Waals surface area contributed by atoms with Crippen LogP contribution in [0.25, 0.3) is 0 Å². The fourth-order valence-corrected chi connectivity index (χ4v) is 1.98. The molecular formula is C10H10N2O2S. The number of rotatable bonds is 3. The Morgan fingerprint density at radius 3 is 2.80 bits per heavy atom. The molecule has 0 bridgehead atoms. The fourth-order valence-electron chi connectivity index (χ4n) is 1.39. The maximum atomic E-state index is 11.8. The van der Waals surface area contributed by atoms with E-state index in [9.17, 15) is 9.59 Å². The van der Waals surface area contributed by atoms with Crippen molar-refractivity contribution in [3.05, 3.63) is 45.3 Å². The molecule has 15 heavy (non-hydrogen) atoms. The van der Waals surface area contributed by atoms with Gasteiger partial charge < -0.3 is 4.57 Å². The van der Waals surface area contributed by atoms with Gasteiger partial charge in [-0.2, -0.15) is 0 Å². The molecule has 0 radical (unpaired) electrons. The lowest BCUT2D eigenvalue weighted by Crippen LogP contribution is -2.19. The zero-order chi connectivity index (χ0) is 10.8. The van der Waals surface area contributed by atoms with Crippen molar-refractivity contribution in [2.24, 2.45) is 7.05 Å². The number of Topliss-reactive ketones (excluding diaryl/α,β-unsaturated/α-hetero) is 1. The van der Waals surface area contributed by atoms with E-state index in [1.807, 2.05) is 19.3 Å². The predicted octanol–water partition coefficient (Wildman–Crippen LogP) is 1.13. The normalized spacial score (nSPS) is 10.5. The van der Waals surface area contributed by atoms with Crippen LogP contribution in [0.2, 0.25) is 0 Å². The first-order valence-electron chi connectivity index (χ1n) is 4.47. The summed E-state index contributed by atoms with van der Waals surface area (Å²) in [6.45, 7) is 0.111. The summed E-state index contributed by atoms with van der Waals surface area (Å²) >= 11 is 1.10. The summed E-state index contributed by atoms with van der Waals surface area (Å²) in [6.07, 6.45) is 3.44. The van der Waals surface area contributed by atoms with E-state index < -0.39 is 0 Å². The molecule has 0 spiro atoms.